The van der Waals surface area contributed by atoms with Crippen molar-refractivity contribution in [1.29, 1.82) is 0 Å². The molecule has 36 heavy (non-hydrogen) atoms. The molecule has 5 atom stereocenters. The van der Waals surface area contributed by atoms with E-state index < -0.39 is 8.56 Å². The Kier molecular flexibility index (Phi) is 13.1. The zero-order chi connectivity index (χ0) is 26.7. The van der Waals surface area contributed by atoms with Crippen LogP contribution in [0.25, 0.3) is 0 Å². The summed E-state index contributed by atoms with van der Waals surface area (Å²) < 4.78 is 25.1. The number of hydrogen-bond donors (Lipinski definition) is 0. The maximum atomic E-state index is 12.8. The molecule has 0 unspecified atom stereocenters. The van der Waals surface area contributed by atoms with E-state index in [1.54, 1.807) is 0 Å². The summed E-state index contributed by atoms with van der Waals surface area (Å²) in [6, 6.07) is 0. The van der Waals surface area contributed by atoms with Gasteiger partial charge in [0.15, 0.2) is 0 Å². The van der Waals surface area contributed by atoms with Crippen molar-refractivity contribution in [3.63, 3.8) is 0 Å². The van der Waals surface area contributed by atoms with E-state index in [0.717, 1.165) is 69.8 Å². The Bertz CT molecular complexity index is 754. The summed E-state index contributed by atoms with van der Waals surface area (Å²) in [7, 11) is -2.54. The average Bonchev–Trinajstić information content (AvgIpc) is 3.14. The van der Waals surface area contributed by atoms with Crippen LogP contribution in [0, 0.1) is 11.8 Å². The molecule has 5 nitrogen and oxygen atoms in total. The highest BCUT2D eigenvalue weighted by Crippen LogP contribution is 2.35. The van der Waals surface area contributed by atoms with Crippen LogP contribution in [0.4, 0.5) is 0 Å². The summed E-state index contributed by atoms with van der Waals surface area (Å²) >= 11 is 0. The Morgan fingerprint density at radius 3 is 2.31 bits per heavy atom. The van der Waals surface area contributed by atoms with Gasteiger partial charge < -0.3 is 18.3 Å². The predicted molar refractivity (Wildman–Crippen MR) is 150 cm³/mol. The molecule has 2 aliphatic heterocycles. The molecule has 1 saturated heterocycles. The molecule has 0 N–H and O–H groups in total. The Labute approximate surface area is 221 Å². The molecule has 0 spiro atoms. The topological polar surface area (TPSA) is 54.0 Å². The van der Waals surface area contributed by atoms with Crippen molar-refractivity contribution < 1.29 is 23.1 Å². The second kappa shape index (κ2) is 15.3. The molecule has 0 amide bonds. The van der Waals surface area contributed by atoms with Crippen molar-refractivity contribution in [2.24, 2.45) is 11.8 Å². The van der Waals surface area contributed by atoms with Gasteiger partial charge in [-0.05, 0) is 75.6 Å². The van der Waals surface area contributed by atoms with Crippen LogP contribution >= 0.6 is 0 Å². The van der Waals surface area contributed by atoms with Crippen LogP contribution in [-0.2, 0) is 23.1 Å². The third-order valence-corrected chi connectivity index (χ3v) is 10.7. The van der Waals surface area contributed by atoms with E-state index in [1.165, 1.54) is 10.8 Å². The number of fused-ring (bicyclic) bond motifs is 2. The highest BCUT2D eigenvalue weighted by Gasteiger charge is 2.39. The third-order valence-electron chi connectivity index (χ3n) is 7.43. The van der Waals surface area contributed by atoms with Crippen LogP contribution in [0.2, 0.25) is 6.55 Å². The molecule has 206 valence electrons. The van der Waals surface area contributed by atoms with Gasteiger partial charge in [0, 0.05) is 19.6 Å². The normalized spacial score (nSPS) is 31.3. The van der Waals surface area contributed by atoms with E-state index in [2.05, 4.69) is 39.6 Å². The molecule has 6 heteroatoms. The maximum absolute atomic E-state index is 12.8. The van der Waals surface area contributed by atoms with Crippen LogP contribution < -0.4 is 0 Å². The highest BCUT2D eigenvalue weighted by molar-refractivity contribution is 6.73. The van der Waals surface area contributed by atoms with E-state index >= 15 is 0 Å². The maximum Gasteiger partial charge on any atom is 0.364 e. The molecule has 0 aliphatic carbocycles. The fraction of sp³-hybridized carbons (Fsp3) is 0.767. The quantitative estimate of drug-likeness (QED) is 0.197. The SMILES string of the molecule is C=C1C[C@@H](CCC)OC(=O)[C@@H](C)CCCC[C@@H]2O[C@H](CC2=C)C/C([Si](C)(OCC)OCC)=C/[C@H](C)C1. The van der Waals surface area contributed by atoms with Gasteiger partial charge in [-0.1, -0.05) is 64.8 Å². The van der Waals surface area contributed by atoms with E-state index in [0.29, 0.717) is 13.2 Å². The standard InChI is InChI=1S/C30H52O5Si/c1-9-14-26-18-22(4)17-23(5)19-28(36(8,32-10-2)33-11-3)21-27-20-25(7)29(34-27)16-13-12-15-24(6)30(31)35-26/h19,23-24,26-27,29H,4,7,9-18,20-21H2,1-3,5-6,8H3/b28-19-/t23-,24+,26-,27-,29+/m1/s1. The molecule has 2 bridgehead atoms. The summed E-state index contributed by atoms with van der Waals surface area (Å²) in [5, 5.41) is 1.26. The van der Waals surface area contributed by atoms with Crippen molar-refractivity contribution in [2.75, 3.05) is 13.2 Å². The third kappa shape index (κ3) is 9.59. The van der Waals surface area contributed by atoms with Crippen LogP contribution in [-0.4, -0.2) is 46.1 Å². The molecule has 0 aromatic carbocycles. The minimum absolute atomic E-state index is 0.0746. The van der Waals surface area contributed by atoms with Gasteiger partial charge in [0.1, 0.15) is 6.10 Å². The van der Waals surface area contributed by atoms with Gasteiger partial charge in [-0.15, -0.1) is 0 Å². The summed E-state index contributed by atoms with van der Waals surface area (Å²) in [6.07, 6.45) is 11.4. The lowest BCUT2D eigenvalue weighted by Crippen LogP contribution is -2.43. The fourth-order valence-corrected chi connectivity index (χ4v) is 8.33. The summed E-state index contributed by atoms with van der Waals surface area (Å²) in [6.45, 7) is 22.6. The Balaban J connectivity index is 2.32. The van der Waals surface area contributed by atoms with Crippen molar-refractivity contribution >= 4 is 14.5 Å². The number of rotatable bonds is 7. The van der Waals surface area contributed by atoms with Crippen molar-refractivity contribution in [2.45, 2.75) is 124 Å². The number of allylic oxidation sites excluding steroid dienone is 1. The lowest BCUT2D eigenvalue weighted by Gasteiger charge is -2.31. The van der Waals surface area contributed by atoms with Crippen LogP contribution in [0.1, 0.15) is 98.8 Å². The van der Waals surface area contributed by atoms with Gasteiger partial charge in [0.2, 0.25) is 0 Å². The summed E-state index contributed by atoms with van der Waals surface area (Å²) in [5.41, 5.74) is 2.31. The number of esters is 1. The second-order valence-corrected chi connectivity index (χ2v) is 14.1. The highest BCUT2D eigenvalue weighted by atomic mass is 28.4. The predicted octanol–water partition coefficient (Wildman–Crippen LogP) is 7.60. The van der Waals surface area contributed by atoms with E-state index in [4.69, 9.17) is 18.3 Å². The second-order valence-electron chi connectivity index (χ2n) is 11.0. The van der Waals surface area contributed by atoms with Crippen molar-refractivity contribution in [3.8, 4) is 0 Å². The minimum Gasteiger partial charge on any atom is -0.462 e. The zero-order valence-electron chi connectivity index (χ0n) is 23.9. The van der Waals surface area contributed by atoms with Crippen molar-refractivity contribution in [1.82, 2.24) is 0 Å². The first kappa shape index (κ1) is 31.0. The van der Waals surface area contributed by atoms with Crippen molar-refractivity contribution in [3.05, 3.63) is 35.6 Å². The van der Waals surface area contributed by atoms with E-state index in [-0.39, 0.29) is 36.1 Å². The summed E-state index contributed by atoms with van der Waals surface area (Å²) in [5.74, 6) is 0.118. The first-order valence-corrected chi connectivity index (χ1v) is 16.6. The molecule has 2 aliphatic rings. The molecule has 2 rings (SSSR count). The lowest BCUT2D eigenvalue weighted by atomic mass is 9.95. The number of carbonyl (C=O) groups is 1. The molecule has 0 radical (unpaired) electrons. The average molecular weight is 521 g/mol. The molecule has 0 aromatic heterocycles. The van der Waals surface area contributed by atoms with Crippen LogP contribution in [0.3, 0.4) is 0 Å². The van der Waals surface area contributed by atoms with Gasteiger partial charge >= 0.3 is 14.5 Å². The number of cyclic esters (lactones) is 1. The van der Waals surface area contributed by atoms with Gasteiger partial charge in [0.05, 0.1) is 18.1 Å². The Morgan fingerprint density at radius 1 is 1.00 bits per heavy atom. The monoisotopic (exact) mass is 520 g/mol. The molecular weight excluding hydrogens is 468 g/mol. The van der Waals surface area contributed by atoms with E-state index in [1.807, 2.05) is 20.8 Å². The van der Waals surface area contributed by atoms with E-state index in [9.17, 15) is 4.79 Å². The van der Waals surface area contributed by atoms with Gasteiger partial charge in [-0.3, -0.25) is 4.79 Å². The molecular formula is C30H52O5Si. The summed E-state index contributed by atoms with van der Waals surface area (Å²) in [4.78, 5) is 12.8. The Hall–Kier alpha value is -1.21. The van der Waals surface area contributed by atoms with Gasteiger partial charge in [0.25, 0.3) is 0 Å². The fourth-order valence-electron chi connectivity index (χ4n) is 5.59. The van der Waals surface area contributed by atoms with Gasteiger partial charge in [-0.2, -0.15) is 0 Å². The zero-order valence-corrected chi connectivity index (χ0v) is 24.9. The lowest BCUT2D eigenvalue weighted by molar-refractivity contribution is -0.154. The molecule has 0 saturated carbocycles. The number of hydrogen-bond acceptors (Lipinski definition) is 5. The largest absolute Gasteiger partial charge is 0.462 e. The van der Waals surface area contributed by atoms with Gasteiger partial charge in [-0.25, -0.2) is 0 Å². The number of ether oxygens (including phenoxy) is 2. The molecule has 0 aromatic rings. The smallest absolute Gasteiger partial charge is 0.364 e. The Morgan fingerprint density at radius 2 is 1.67 bits per heavy atom. The number of carbonyl (C=O) groups excluding carboxylic acids is 1. The minimum atomic E-state index is -2.54. The van der Waals surface area contributed by atoms with Crippen LogP contribution in [0.15, 0.2) is 35.6 Å². The first-order valence-electron chi connectivity index (χ1n) is 14.3. The molecule has 1 fully saturated rings. The van der Waals surface area contributed by atoms with Crippen LogP contribution in [0.5, 0.6) is 0 Å². The molecule has 2 heterocycles. The first-order chi connectivity index (χ1) is 17.1.